The fraction of sp³-hybridized carbons (Fsp3) is 0.267. The highest BCUT2D eigenvalue weighted by Gasteiger charge is 2.36. The van der Waals surface area contributed by atoms with Gasteiger partial charge in [-0.3, -0.25) is 9.59 Å². The van der Waals surface area contributed by atoms with Gasteiger partial charge >= 0.3 is 5.97 Å². The molecule has 0 saturated carbocycles. The molecule has 1 fully saturated rings. The lowest BCUT2D eigenvalue weighted by molar-refractivity contribution is -0.135. The van der Waals surface area contributed by atoms with Crippen molar-refractivity contribution in [2.75, 3.05) is 12.0 Å². The van der Waals surface area contributed by atoms with Crippen LogP contribution >= 0.6 is 11.8 Å². The second-order valence-electron chi connectivity index (χ2n) is 4.79. The second-order valence-corrected chi connectivity index (χ2v) is 5.78. The molecular formula is C15H15NO4S. The molecule has 2 amide bonds. The number of hydrogen-bond acceptors (Lipinski definition) is 5. The summed E-state index contributed by atoms with van der Waals surface area (Å²) in [6, 6.07) is 7.22. The van der Waals surface area contributed by atoms with Gasteiger partial charge in [0.1, 0.15) is 0 Å². The number of esters is 1. The SMILES string of the molecule is COC(=O)C=C1SC(=O)N(c2ccc(C(C)C)cc2)C1=O. The first-order chi connectivity index (χ1) is 9.93. The molecule has 2 rings (SSSR count). The number of carbonyl (C=O) groups is 3. The Kier molecular flexibility index (Phi) is 4.47. The summed E-state index contributed by atoms with van der Waals surface area (Å²) in [5.74, 6) is -0.795. The van der Waals surface area contributed by atoms with Gasteiger partial charge in [0.2, 0.25) is 0 Å². The molecule has 0 bridgehead atoms. The number of rotatable bonds is 3. The molecule has 1 aromatic rings. The van der Waals surface area contributed by atoms with E-state index in [9.17, 15) is 14.4 Å². The summed E-state index contributed by atoms with van der Waals surface area (Å²) < 4.78 is 4.47. The lowest BCUT2D eigenvalue weighted by atomic mass is 10.0. The highest BCUT2D eigenvalue weighted by Crippen LogP contribution is 2.34. The zero-order valence-corrected chi connectivity index (χ0v) is 12.8. The molecule has 0 spiro atoms. The Morgan fingerprint density at radius 2 is 1.86 bits per heavy atom. The maximum atomic E-state index is 12.2. The van der Waals surface area contributed by atoms with Crippen LogP contribution in [0.5, 0.6) is 0 Å². The molecule has 0 N–H and O–H groups in total. The quantitative estimate of drug-likeness (QED) is 0.634. The van der Waals surface area contributed by atoms with Gasteiger partial charge in [0.25, 0.3) is 11.1 Å². The van der Waals surface area contributed by atoms with Crippen molar-refractivity contribution in [3.8, 4) is 0 Å². The van der Waals surface area contributed by atoms with Crippen molar-refractivity contribution >= 4 is 34.6 Å². The molecule has 6 heteroatoms. The standard InChI is InChI=1S/C15H15NO4S/c1-9(2)10-4-6-11(7-5-10)16-14(18)12(21-15(16)19)8-13(17)20-3/h4-9H,1-3H3. The molecule has 0 aliphatic carbocycles. The Labute approximate surface area is 127 Å². The molecule has 1 saturated heterocycles. The summed E-state index contributed by atoms with van der Waals surface area (Å²) in [4.78, 5) is 36.5. The third-order valence-electron chi connectivity index (χ3n) is 3.06. The summed E-state index contributed by atoms with van der Waals surface area (Å²) in [6.45, 7) is 4.13. The van der Waals surface area contributed by atoms with Crippen molar-refractivity contribution in [2.24, 2.45) is 0 Å². The zero-order chi connectivity index (χ0) is 15.6. The first-order valence-electron chi connectivity index (χ1n) is 6.40. The fourth-order valence-electron chi connectivity index (χ4n) is 1.86. The maximum absolute atomic E-state index is 12.2. The molecule has 1 heterocycles. The van der Waals surface area contributed by atoms with Crippen molar-refractivity contribution in [3.05, 3.63) is 40.8 Å². The van der Waals surface area contributed by atoms with Gasteiger partial charge in [-0.2, -0.15) is 0 Å². The van der Waals surface area contributed by atoms with Crippen molar-refractivity contribution < 1.29 is 19.1 Å². The Morgan fingerprint density at radius 3 is 2.38 bits per heavy atom. The number of amides is 2. The van der Waals surface area contributed by atoms with E-state index in [2.05, 4.69) is 18.6 Å². The third kappa shape index (κ3) is 3.16. The summed E-state index contributed by atoms with van der Waals surface area (Å²) in [7, 11) is 1.22. The van der Waals surface area contributed by atoms with Crippen LogP contribution in [0.2, 0.25) is 0 Å². The average molecular weight is 305 g/mol. The molecule has 21 heavy (non-hydrogen) atoms. The van der Waals surface area contributed by atoms with Crippen LogP contribution in [-0.2, 0) is 14.3 Å². The number of anilines is 1. The number of thioether (sulfide) groups is 1. The van der Waals surface area contributed by atoms with Gasteiger partial charge in [-0.1, -0.05) is 26.0 Å². The van der Waals surface area contributed by atoms with Crippen molar-refractivity contribution in [1.29, 1.82) is 0 Å². The van der Waals surface area contributed by atoms with Gasteiger partial charge in [0.15, 0.2) is 0 Å². The van der Waals surface area contributed by atoms with Crippen molar-refractivity contribution in [2.45, 2.75) is 19.8 Å². The third-order valence-corrected chi connectivity index (χ3v) is 3.93. The average Bonchev–Trinajstić information content (AvgIpc) is 2.73. The number of methoxy groups -OCH3 is 1. The summed E-state index contributed by atoms with van der Waals surface area (Å²) in [5.41, 5.74) is 1.62. The molecule has 0 unspecified atom stereocenters. The van der Waals surface area contributed by atoms with E-state index in [1.54, 1.807) is 12.1 Å². The maximum Gasteiger partial charge on any atom is 0.331 e. The van der Waals surface area contributed by atoms with E-state index >= 15 is 0 Å². The molecule has 0 aromatic heterocycles. The molecule has 1 aromatic carbocycles. The second kappa shape index (κ2) is 6.13. The lowest BCUT2D eigenvalue weighted by Gasteiger charge is -2.13. The van der Waals surface area contributed by atoms with E-state index < -0.39 is 17.1 Å². The highest BCUT2D eigenvalue weighted by molar-refractivity contribution is 8.18. The van der Waals surface area contributed by atoms with Crippen LogP contribution in [0, 0.1) is 0 Å². The van der Waals surface area contributed by atoms with Crippen LogP contribution in [0.25, 0.3) is 0 Å². The van der Waals surface area contributed by atoms with Gasteiger partial charge in [0.05, 0.1) is 17.7 Å². The molecule has 0 atom stereocenters. The van der Waals surface area contributed by atoms with E-state index in [1.807, 2.05) is 12.1 Å². The lowest BCUT2D eigenvalue weighted by Crippen LogP contribution is -2.27. The smallest absolute Gasteiger partial charge is 0.331 e. The first-order valence-corrected chi connectivity index (χ1v) is 7.21. The fourth-order valence-corrected chi connectivity index (χ4v) is 2.67. The van der Waals surface area contributed by atoms with Crippen LogP contribution < -0.4 is 4.90 Å². The van der Waals surface area contributed by atoms with Gasteiger partial charge in [0, 0.05) is 6.08 Å². The van der Waals surface area contributed by atoms with Gasteiger partial charge < -0.3 is 4.74 Å². The largest absolute Gasteiger partial charge is 0.466 e. The summed E-state index contributed by atoms with van der Waals surface area (Å²) in [6.07, 6.45) is 1.04. The minimum Gasteiger partial charge on any atom is -0.466 e. The van der Waals surface area contributed by atoms with E-state index in [-0.39, 0.29) is 4.91 Å². The number of benzene rings is 1. The van der Waals surface area contributed by atoms with Gasteiger partial charge in [-0.05, 0) is 35.4 Å². The van der Waals surface area contributed by atoms with Crippen molar-refractivity contribution in [3.63, 3.8) is 0 Å². The molecular weight excluding hydrogens is 290 g/mol. The predicted octanol–water partition coefficient (Wildman–Crippen LogP) is 3.07. The Balaban J connectivity index is 2.28. The highest BCUT2D eigenvalue weighted by atomic mass is 32.2. The summed E-state index contributed by atoms with van der Waals surface area (Å²) >= 11 is 0.729. The van der Waals surface area contributed by atoms with Gasteiger partial charge in [-0.25, -0.2) is 9.69 Å². The Bertz CT molecular complexity index is 619. The van der Waals surface area contributed by atoms with Crippen LogP contribution in [0.1, 0.15) is 25.3 Å². The Morgan fingerprint density at radius 1 is 1.24 bits per heavy atom. The van der Waals surface area contributed by atoms with Gasteiger partial charge in [-0.15, -0.1) is 0 Å². The molecule has 5 nitrogen and oxygen atoms in total. The monoisotopic (exact) mass is 305 g/mol. The van der Waals surface area contributed by atoms with Crippen LogP contribution in [0.3, 0.4) is 0 Å². The van der Waals surface area contributed by atoms with E-state index in [0.29, 0.717) is 11.6 Å². The van der Waals surface area contributed by atoms with E-state index in [4.69, 9.17) is 0 Å². The predicted molar refractivity (Wildman–Crippen MR) is 81.1 cm³/mol. The summed E-state index contributed by atoms with van der Waals surface area (Å²) in [5, 5.41) is -0.424. The van der Waals surface area contributed by atoms with Crippen LogP contribution in [-0.4, -0.2) is 24.2 Å². The minimum absolute atomic E-state index is 0.0692. The number of nitrogens with zero attached hydrogens (tertiary/aromatic N) is 1. The Hall–Kier alpha value is -2.08. The molecule has 1 aliphatic heterocycles. The molecule has 0 radical (unpaired) electrons. The normalized spacial score (nSPS) is 17.0. The zero-order valence-electron chi connectivity index (χ0n) is 12.0. The van der Waals surface area contributed by atoms with Crippen LogP contribution in [0.4, 0.5) is 10.5 Å². The van der Waals surface area contributed by atoms with Crippen molar-refractivity contribution in [1.82, 2.24) is 0 Å². The minimum atomic E-state index is -0.657. The molecule has 110 valence electrons. The van der Waals surface area contributed by atoms with E-state index in [0.717, 1.165) is 28.3 Å². The number of ether oxygens (including phenoxy) is 1. The van der Waals surface area contributed by atoms with Crippen LogP contribution in [0.15, 0.2) is 35.2 Å². The molecule has 1 aliphatic rings. The topological polar surface area (TPSA) is 63.7 Å². The number of hydrogen-bond donors (Lipinski definition) is 0. The van der Waals surface area contributed by atoms with E-state index in [1.165, 1.54) is 7.11 Å². The number of imide groups is 1. The number of carbonyl (C=O) groups excluding carboxylic acids is 3. The first kappa shape index (κ1) is 15.3.